The van der Waals surface area contributed by atoms with Crippen LogP contribution >= 0.6 is 0 Å². The maximum absolute atomic E-state index is 11.6. The smallest absolute Gasteiger partial charge is 0.227 e. The van der Waals surface area contributed by atoms with Crippen molar-refractivity contribution in [2.45, 2.75) is 17.7 Å². The van der Waals surface area contributed by atoms with Crippen molar-refractivity contribution in [2.75, 3.05) is 11.6 Å². The van der Waals surface area contributed by atoms with Gasteiger partial charge >= 0.3 is 0 Å². The van der Waals surface area contributed by atoms with Crippen molar-refractivity contribution >= 4 is 33.4 Å². The highest BCUT2D eigenvalue weighted by Gasteiger charge is 2.24. The fourth-order valence-electron chi connectivity index (χ4n) is 2.84. The van der Waals surface area contributed by atoms with Gasteiger partial charge in [-0.05, 0) is 36.8 Å². The molecular formula is C19H17N5O2S. The first-order valence-corrected chi connectivity index (χ1v) is 10.2. The van der Waals surface area contributed by atoms with Crippen LogP contribution in [0.1, 0.15) is 22.9 Å². The molecule has 8 heteroatoms. The van der Waals surface area contributed by atoms with Crippen LogP contribution in [-0.4, -0.2) is 35.8 Å². The van der Waals surface area contributed by atoms with Crippen molar-refractivity contribution in [3.05, 3.63) is 65.7 Å². The number of aryl methyl sites for hydroxylation is 1. The molecule has 0 amide bonds. The zero-order valence-corrected chi connectivity index (χ0v) is 15.6. The summed E-state index contributed by atoms with van der Waals surface area (Å²) in [6, 6.07) is 10.6. The summed E-state index contributed by atoms with van der Waals surface area (Å²) in [5, 5.41) is 3.14. The van der Waals surface area contributed by atoms with E-state index in [1.54, 1.807) is 42.9 Å². The van der Waals surface area contributed by atoms with E-state index in [1.807, 2.05) is 19.1 Å². The molecule has 136 valence electrons. The minimum absolute atomic E-state index is 0.145. The summed E-state index contributed by atoms with van der Waals surface area (Å²) >= 11 is 0. The second-order valence-electron chi connectivity index (χ2n) is 6.37. The predicted octanol–water partition coefficient (Wildman–Crippen LogP) is 3.17. The van der Waals surface area contributed by atoms with Crippen LogP contribution in [0.3, 0.4) is 0 Å². The Morgan fingerprint density at radius 1 is 1.00 bits per heavy atom. The number of benzene rings is 1. The molecule has 3 heterocycles. The lowest BCUT2D eigenvalue weighted by atomic mass is 9.98. The van der Waals surface area contributed by atoms with E-state index in [-0.39, 0.29) is 5.92 Å². The van der Waals surface area contributed by atoms with Gasteiger partial charge in [-0.2, -0.15) is 0 Å². The summed E-state index contributed by atoms with van der Waals surface area (Å²) < 4.78 is 23.3. The number of aliphatic imine (C=N–C) groups is 1. The SMILES string of the molecule is Cc1ccc(Nc2ncc3c(n2)C(c2ccc(S(C)(=O)=O)cc2)C=N3)cn1. The normalized spacial score (nSPS) is 15.6. The first-order chi connectivity index (χ1) is 12.9. The Morgan fingerprint density at radius 3 is 2.44 bits per heavy atom. The molecular weight excluding hydrogens is 362 g/mol. The van der Waals surface area contributed by atoms with Crippen molar-refractivity contribution in [3.63, 3.8) is 0 Å². The average molecular weight is 379 g/mol. The lowest BCUT2D eigenvalue weighted by Crippen LogP contribution is -2.05. The fourth-order valence-corrected chi connectivity index (χ4v) is 3.47. The Labute approximate surface area is 157 Å². The van der Waals surface area contributed by atoms with Gasteiger partial charge in [-0.15, -0.1) is 0 Å². The van der Waals surface area contributed by atoms with E-state index in [0.717, 1.165) is 22.6 Å². The molecule has 1 aliphatic heterocycles. The maximum atomic E-state index is 11.6. The molecule has 0 fully saturated rings. The number of anilines is 2. The van der Waals surface area contributed by atoms with Gasteiger partial charge in [0, 0.05) is 18.2 Å². The van der Waals surface area contributed by atoms with Crippen LogP contribution in [0.5, 0.6) is 0 Å². The van der Waals surface area contributed by atoms with Gasteiger partial charge in [-0.1, -0.05) is 12.1 Å². The first kappa shape index (κ1) is 17.3. The van der Waals surface area contributed by atoms with Gasteiger partial charge in [0.05, 0.1) is 34.6 Å². The zero-order chi connectivity index (χ0) is 19.0. The van der Waals surface area contributed by atoms with Crippen LogP contribution < -0.4 is 5.32 Å². The van der Waals surface area contributed by atoms with E-state index in [9.17, 15) is 8.42 Å². The van der Waals surface area contributed by atoms with Gasteiger partial charge < -0.3 is 5.32 Å². The molecule has 0 aliphatic carbocycles. The molecule has 0 bridgehead atoms. The topological polar surface area (TPSA) is 97.2 Å². The van der Waals surface area contributed by atoms with E-state index in [4.69, 9.17) is 0 Å². The van der Waals surface area contributed by atoms with Crippen LogP contribution in [0.25, 0.3) is 0 Å². The standard InChI is InChI=1S/C19H17N5O2S/c1-12-3-6-14(9-20-12)23-19-22-11-17-18(24-19)16(10-21-17)13-4-7-15(8-5-13)27(2,25)26/h3-11,16H,1-2H3,(H,22,23,24). The Hall–Kier alpha value is -3.13. The average Bonchev–Trinajstić information content (AvgIpc) is 3.06. The van der Waals surface area contributed by atoms with Crippen LogP contribution in [0.2, 0.25) is 0 Å². The minimum Gasteiger partial charge on any atom is -0.323 e. The minimum atomic E-state index is -3.22. The third kappa shape index (κ3) is 3.56. The summed E-state index contributed by atoms with van der Waals surface area (Å²) in [7, 11) is -3.22. The Bertz CT molecular complexity index is 1120. The predicted molar refractivity (Wildman–Crippen MR) is 104 cm³/mol. The van der Waals surface area contributed by atoms with Gasteiger partial charge in [-0.25, -0.2) is 18.4 Å². The molecule has 7 nitrogen and oxygen atoms in total. The van der Waals surface area contributed by atoms with Gasteiger partial charge in [0.25, 0.3) is 0 Å². The van der Waals surface area contributed by atoms with Crippen LogP contribution in [0.4, 0.5) is 17.3 Å². The maximum Gasteiger partial charge on any atom is 0.227 e. The number of hydrogen-bond acceptors (Lipinski definition) is 7. The quantitative estimate of drug-likeness (QED) is 0.748. The molecule has 2 aromatic heterocycles. The molecule has 0 saturated carbocycles. The largest absolute Gasteiger partial charge is 0.323 e. The van der Waals surface area contributed by atoms with Gasteiger partial charge in [0.15, 0.2) is 9.84 Å². The van der Waals surface area contributed by atoms with Crippen molar-refractivity contribution in [1.29, 1.82) is 0 Å². The summed E-state index contributed by atoms with van der Waals surface area (Å²) in [5.74, 6) is 0.316. The molecule has 0 spiro atoms. The van der Waals surface area contributed by atoms with Gasteiger partial charge in [0.2, 0.25) is 5.95 Å². The third-order valence-corrected chi connectivity index (χ3v) is 5.42. The second-order valence-corrected chi connectivity index (χ2v) is 8.39. The highest BCUT2D eigenvalue weighted by Crippen LogP contribution is 2.35. The number of fused-ring (bicyclic) bond motifs is 1. The third-order valence-electron chi connectivity index (χ3n) is 4.29. The monoisotopic (exact) mass is 379 g/mol. The fraction of sp³-hybridized carbons (Fsp3) is 0.158. The van der Waals surface area contributed by atoms with Gasteiger partial charge in [-0.3, -0.25) is 9.98 Å². The van der Waals surface area contributed by atoms with Crippen molar-refractivity contribution in [1.82, 2.24) is 15.0 Å². The summed E-state index contributed by atoms with van der Waals surface area (Å²) in [6.07, 6.45) is 6.39. The highest BCUT2D eigenvalue weighted by atomic mass is 32.2. The number of rotatable bonds is 4. The van der Waals surface area contributed by atoms with Crippen molar-refractivity contribution in [2.24, 2.45) is 4.99 Å². The Kier molecular flexibility index (Phi) is 4.19. The van der Waals surface area contributed by atoms with Crippen LogP contribution in [0.15, 0.2) is 58.7 Å². The number of nitrogens with zero attached hydrogens (tertiary/aromatic N) is 4. The summed E-state index contributed by atoms with van der Waals surface area (Å²) in [4.78, 5) is 17.8. The summed E-state index contributed by atoms with van der Waals surface area (Å²) in [5.41, 5.74) is 4.14. The molecule has 4 rings (SSSR count). The molecule has 0 saturated heterocycles. The van der Waals surface area contributed by atoms with E-state index in [0.29, 0.717) is 16.5 Å². The lowest BCUT2D eigenvalue weighted by molar-refractivity contribution is 0.602. The van der Waals surface area contributed by atoms with Crippen molar-refractivity contribution in [3.8, 4) is 0 Å². The van der Waals surface area contributed by atoms with E-state index >= 15 is 0 Å². The lowest BCUT2D eigenvalue weighted by Gasteiger charge is -2.11. The molecule has 27 heavy (non-hydrogen) atoms. The zero-order valence-electron chi connectivity index (χ0n) is 14.8. The van der Waals surface area contributed by atoms with Gasteiger partial charge in [0.1, 0.15) is 5.69 Å². The van der Waals surface area contributed by atoms with E-state index < -0.39 is 9.84 Å². The van der Waals surface area contributed by atoms with Crippen molar-refractivity contribution < 1.29 is 8.42 Å². The summed E-state index contributed by atoms with van der Waals surface area (Å²) in [6.45, 7) is 1.92. The molecule has 1 N–H and O–H groups in total. The number of pyridine rings is 1. The highest BCUT2D eigenvalue weighted by molar-refractivity contribution is 7.90. The molecule has 1 atom stereocenters. The Balaban J connectivity index is 1.62. The second kappa shape index (κ2) is 6.55. The number of nitrogens with one attached hydrogen (secondary N) is 1. The number of sulfone groups is 1. The number of aromatic nitrogens is 3. The van der Waals surface area contributed by atoms with E-state index in [2.05, 4.69) is 25.3 Å². The van der Waals surface area contributed by atoms with E-state index in [1.165, 1.54) is 6.26 Å². The molecule has 0 radical (unpaired) electrons. The molecule has 1 aliphatic rings. The van der Waals surface area contributed by atoms with Crippen LogP contribution in [-0.2, 0) is 9.84 Å². The molecule has 1 unspecified atom stereocenters. The Morgan fingerprint density at radius 2 is 1.78 bits per heavy atom. The van der Waals surface area contributed by atoms with Crippen LogP contribution in [0, 0.1) is 6.92 Å². The number of hydrogen-bond donors (Lipinski definition) is 1. The molecule has 3 aromatic rings. The molecule has 1 aromatic carbocycles. The first-order valence-electron chi connectivity index (χ1n) is 8.31.